The second-order valence-corrected chi connectivity index (χ2v) is 5.12. The van der Waals surface area contributed by atoms with Gasteiger partial charge in [-0.05, 0) is 6.07 Å². The standard InChI is InChI=1S/C15H19N3O2/c1-16(2)14(19)10-18(4)15(20)12-9-17(3)13-8-6-5-7-11(12)13/h5-9H,10H2,1-4H3. The molecular weight excluding hydrogens is 254 g/mol. The van der Waals surface area contributed by atoms with Gasteiger partial charge in [0.2, 0.25) is 5.91 Å². The predicted molar refractivity (Wildman–Crippen MR) is 78.6 cm³/mol. The summed E-state index contributed by atoms with van der Waals surface area (Å²) in [5.41, 5.74) is 1.63. The number of carbonyl (C=O) groups excluding carboxylic acids is 2. The van der Waals surface area contributed by atoms with Crippen LogP contribution >= 0.6 is 0 Å². The smallest absolute Gasteiger partial charge is 0.256 e. The van der Waals surface area contributed by atoms with Gasteiger partial charge < -0.3 is 14.4 Å². The van der Waals surface area contributed by atoms with E-state index in [1.165, 1.54) is 9.80 Å². The topological polar surface area (TPSA) is 45.6 Å². The average Bonchev–Trinajstić information content (AvgIpc) is 2.75. The van der Waals surface area contributed by atoms with E-state index in [1.54, 1.807) is 21.1 Å². The molecule has 0 spiro atoms. The first-order valence-electron chi connectivity index (χ1n) is 6.41. The largest absolute Gasteiger partial charge is 0.350 e. The van der Waals surface area contributed by atoms with Crippen molar-refractivity contribution in [1.82, 2.24) is 14.4 Å². The Morgan fingerprint density at radius 3 is 2.45 bits per heavy atom. The zero-order valence-corrected chi connectivity index (χ0v) is 12.3. The Morgan fingerprint density at radius 1 is 1.15 bits per heavy atom. The van der Waals surface area contributed by atoms with Crippen LogP contribution in [0.2, 0.25) is 0 Å². The van der Waals surface area contributed by atoms with Crippen LogP contribution in [-0.2, 0) is 11.8 Å². The molecule has 1 aromatic carbocycles. The van der Waals surface area contributed by atoms with Gasteiger partial charge in [0.05, 0.1) is 12.1 Å². The maximum atomic E-state index is 12.5. The van der Waals surface area contributed by atoms with Gasteiger partial charge in [0.25, 0.3) is 5.91 Å². The Bertz CT molecular complexity index is 658. The number of benzene rings is 1. The fraction of sp³-hybridized carbons (Fsp3) is 0.333. The molecule has 5 nitrogen and oxygen atoms in total. The van der Waals surface area contributed by atoms with E-state index in [-0.39, 0.29) is 18.4 Å². The number of likely N-dealkylation sites (N-methyl/N-ethyl adjacent to an activating group) is 2. The maximum absolute atomic E-state index is 12.5. The summed E-state index contributed by atoms with van der Waals surface area (Å²) in [6.07, 6.45) is 1.81. The van der Waals surface area contributed by atoms with Crippen molar-refractivity contribution in [2.24, 2.45) is 7.05 Å². The summed E-state index contributed by atoms with van der Waals surface area (Å²) in [6.45, 7) is 0.0784. The molecule has 0 N–H and O–H groups in total. The Labute approximate surface area is 118 Å². The van der Waals surface area contributed by atoms with Gasteiger partial charge in [-0.3, -0.25) is 9.59 Å². The van der Waals surface area contributed by atoms with Gasteiger partial charge in [0.15, 0.2) is 0 Å². The summed E-state index contributed by atoms with van der Waals surface area (Å²) in [5, 5.41) is 0.907. The van der Waals surface area contributed by atoms with Gasteiger partial charge >= 0.3 is 0 Å². The summed E-state index contributed by atoms with van der Waals surface area (Å²) in [4.78, 5) is 27.1. The number of hydrogen-bond donors (Lipinski definition) is 0. The summed E-state index contributed by atoms with van der Waals surface area (Å²) < 4.78 is 1.92. The number of aromatic nitrogens is 1. The van der Waals surface area contributed by atoms with Crippen LogP contribution < -0.4 is 0 Å². The number of rotatable bonds is 3. The van der Waals surface area contributed by atoms with Gasteiger partial charge in [-0.15, -0.1) is 0 Å². The van der Waals surface area contributed by atoms with Gasteiger partial charge in [-0.1, -0.05) is 18.2 Å². The lowest BCUT2D eigenvalue weighted by Gasteiger charge is -2.18. The number of amides is 2. The maximum Gasteiger partial charge on any atom is 0.256 e. The van der Waals surface area contributed by atoms with E-state index in [4.69, 9.17) is 0 Å². The molecule has 0 radical (unpaired) electrons. The van der Waals surface area contributed by atoms with Gasteiger partial charge in [-0.25, -0.2) is 0 Å². The normalized spacial score (nSPS) is 10.6. The van der Waals surface area contributed by atoms with Crippen LogP contribution in [0.4, 0.5) is 0 Å². The number of fused-ring (bicyclic) bond motifs is 1. The van der Waals surface area contributed by atoms with Crippen LogP contribution in [0.3, 0.4) is 0 Å². The first-order chi connectivity index (χ1) is 9.41. The van der Waals surface area contributed by atoms with Crippen molar-refractivity contribution in [2.75, 3.05) is 27.7 Å². The molecule has 0 aliphatic heterocycles. The zero-order valence-electron chi connectivity index (χ0n) is 12.3. The van der Waals surface area contributed by atoms with Crippen LogP contribution in [0, 0.1) is 0 Å². The molecule has 0 bridgehead atoms. The van der Waals surface area contributed by atoms with E-state index in [0.717, 1.165) is 10.9 Å². The number of para-hydroxylation sites is 1. The molecule has 5 heteroatoms. The van der Waals surface area contributed by atoms with Crippen molar-refractivity contribution < 1.29 is 9.59 Å². The lowest BCUT2D eigenvalue weighted by Crippen LogP contribution is -2.37. The average molecular weight is 273 g/mol. The molecular formula is C15H19N3O2. The molecule has 0 atom stereocenters. The Morgan fingerprint density at radius 2 is 1.80 bits per heavy atom. The SMILES string of the molecule is CN(C)C(=O)CN(C)C(=O)c1cn(C)c2ccccc12. The molecule has 0 unspecified atom stereocenters. The van der Waals surface area contributed by atoms with E-state index in [0.29, 0.717) is 5.56 Å². The third-order valence-corrected chi connectivity index (χ3v) is 3.35. The Balaban J connectivity index is 2.30. The Hall–Kier alpha value is -2.30. The van der Waals surface area contributed by atoms with E-state index in [1.807, 2.05) is 42.1 Å². The second kappa shape index (κ2) is 5.36. The van der Waals surface area contributed by atoms with E-state index in [9.17, 15) is 9.59 Å². The van der Waals surface area contributed by atoms with Crippen molar-refractivity contribution in [1.29, 1.82) is 0 Å². The molecule has 2 aromatic rings. The summed E-state index contributed by atoms with van der Waals surface area (Å²) in [6, 6.07) is 7.74. The molecule has 0 fully saturated rings. The fourth-order valence-corrected chi connectivity index (χ4v) is 2.13. The highest BCUT2D eigenvalue weighted by atomic mass is 16.2. The monoisotopic (exact) mass is 273 g/mol. The second-order valence-electron chi connectivity index (χ2n) is 5.12. The molecule has 1 aromatic heterocycles. The molecule has 0 saturated heterocycles. The van der Waals surface area contributed by atoms with Crippen molar-refractivity contribution in [3.63, 3.8) is 0 Å². The highest BCUT2D eigenvalue weighted by Crippen LogP contribution is 2.21. The summed E-state index contributed by atoms with van der Waals surface area (Å²) >= 11 is 0. The van der Waals surface area contributed by atoms with Crippen LogP contribution in [0.15, 0.2) is 30.5 Å². The predicted octanol–water partition coefficient (Wildman–Crippen LogP) is 1.34. The van der Waals surface area contributed by atoms with Gasteiger partial charge in [0.1, 0.15) is 0 Å². The quantitative estimate of drug-likeness (QED) is 0.847. The number of hydrogen-bond acceptors (Lipinski definition) is 2. The number of nitrogens with zero attached hydrogens (tertiary/aromatic N) is 3. The highest BCUT2D eigenvalue weighted by Gasteiger charge is 2.19. The lowest BCUT2D eigenvalue weighted by molar-refractivity contribution is -0.129. The minimum atomic E-state index is -0.142. The van der Waals surface area contributed by atoms with E-state index >= 15 is 0 Å². The van der Waals surface area contributed by atoms with Crippen molar-refractivity contribution >= 4 is 22.7 Å². The molecule has 2 amide bonds. The lowest BCUT2D eigenvalue weighted by atomic mass is 10.1. The molecule has 106 valence electrons. The molecule has 0 aliphatic carbocycles. The van der Waals surface area contributed by atoms with E-state index in [2.05, 4.69) is 0 Å². The van der Waals surface area contributed by atoms with Crippen LogP contribution in [0.1, 0.15) is 10.4 Å². The summed E-state index contributed by atoms with van der Waals surface area (Å²) in [5.74, 6) is -0.238. The highest BCUT2D eigenvalue weighted by molar-refractivity contribution is 6.07. The van der Waals surface area contributed by atoms with Crippen LogP contribution in [0.25, 0.3) is 10.9 Å². The minimum absolute atomic E-state index is 0.0784. The molecule has 1 heterocycles. The van der Waals surface area contributed by atoms with Crippen molar-refractivity contribution in [3.05, 3.63) is 36.0 Å². The molecule has 0 aliphatic rings. The first-order valence-corrected chi connectivity index (χ1v) is 6.41. The van der Waals surface area contributed by atoms with Crippen molar-refractivity contribution in [3.8, 4) is 0 Å². The van der Waals surface area contributed by atoms with Crippen LogP contribution in [-0.4, -0.2) is 53.9 Å². The van der Waals surface area contributed by atoms with Crippen LogP contribution in [0.5, 0.6) is 0 Å². The van der Waals surface area contributed by atoms with Crippen molar-refractivity contribution in [2.45, 2.75) is 0 Å². The molecule has 2 rings (SSSR count). The summed E-state index contributed by atoms with van der Waals surface area (Å²) in [7, 11) is 6.91. The fourth-order valence-electron chi connectivity index (χ4n) is 2.13. The molecule has 0 saturated carbocycles. The third-order valence-electron chi connectivity index (χ3n) is 3.35. The van der Waals surface area contributed by atoms with Gasteiger partial charge in [-0.2, -0.15) is 0 Å². The molecule has 20 heavy (non-hydrogen) atoms. The first kappa shape index (κ1) is 14.1. The number of carbonyl (C=O) groups is 2. The van der Waals surface area contributed by atoms with Gasteiger partial charge in [0, 0.05) is 45.3 Å². The zero-order chi connectivity index (χ0) is 14.9. The number of aryl methyl sites for hydroxylation is 1. The minimum Gasteiger partial charge on any atom is -0.350 e. The van der Waals surface area contributed by atoms with E-state index < -0.39 is 0 Å². The Kier molecular flexibility index (Phi) is 3.79. The third kappa shape index (κ3) is 2.52.